The van der Waals surface area contributed by atoms with Crippen LogP contribution in [0.3, 0.4) is 0 Å². The van der Waals surface area contributed by atoms with Gasteiger partial charge in [-0.1, -0.05) is 30.3 Å². The number of alkyl halides is 2. The number of amides is 2. The molecular formula is C22H22F2N2O3S. The van der Waals surface area contributed by atoms with Crippen LogP contribution in [0.5, 0.6) is 5.75 Å². The first-order valence-electron chi connectivity index (χ1n) is 9.74. The molecule has 8 heteroatoms. The van der Waals surface area contributed by atoms with Crippen molar-refractivity contribution >= 4 is 29.3 Å². The molecule has 5 nitrogen and oxygen atoms in total. The number of benzene rings is 2. The number of nitrogens with one attached hydrogen (secondary N) is 1. The van der Waals surface area contributed by atoms with Crippen LogP contribution >= 0.6 is 11.8 Å². The second kappa shape index (κ2) is 8.26. The largest absolute Gasteiger partial charge is 0.435 e. The van der Waals surface area contributed by atoms with E-state index < -0.39 is 12.7 Å². The molecule has 2 aromatic rings. The smallest absolute Gasteiger partial charge is 0.387 e. The third-order valence-electron chi connectivity index (χ3n) is 5.53. The molecule has 2 aromatic carbocycles. The van der Waals surface area contributed by atoms with Gasteiger partial charge < -0.3 is 15.0 Å². The molecule has 2 aliphatic heterocycles. The molecule has 0 bridgehead atoms. The van der Waals surface area contributed by atoms with Crippen LogP contribution < -0.4 is 10.1 Å². The molecule has 30 heavy (non-hydrogen) atoms. The van der Waals surface area contributed by atoms with Crippen molar-refractivity contribution in [3.63, 3.8) is 0 Å². The van der Waals surface area contributed by atoms with Crippen LogP contribution in [0, 0.1) is 0 Å². The van der Waals surface area contributed by atoms with Crippen molar-refractivity contribution in [3.8, 4) is 5.75 Å². The Hall–Kier alpha value is -2.61. The van der Waals surface area contributed by atoms with Crippen LogP contribution in [0.15, 0.2) is 48.5 Å². The van der Waals surface area contributed by atoms with Gasteiger partial charge in [0, 0.05) is 29.8 Å². The van der Waals surface area contributed by atoms with Crippen LogP contribution in [0.2, 0.25) is 0 Å². The summed E-state index contributed by atoms with van der Waals surface area (Å²) in [6.45, 7) is -0.945. The second-order valence-corrected chi connectivity index (χ2v) is 9.12. The lowest BCUT2D eigenvalue weighted by Gasteiger charge is -2.29. The number of hydrogen-bond donors (Lipinski definition) is 1. The standard InChI is InChI=1S/C22H22F2N2O3S/c1-22-10-9-19(27)26(22)17(13-30-22)20(28)25-16-7-8-18(29-21(23)24)15(12-16)11-14-5-3-2-4-6-14/h2-8,12,17,21H,9-11,13H2,1H3,(H,25,28)/t17-,22+/m1/s1. The van der Waals surface area contributed by atoms with E-state index in [1.54, 1.807) is 22.7 Å². The van der Waals surface area contributed by atoms with E-state index in [1.807, 2.05) is 37.3 Å². The molecule has 4 rings (SSSR count). The quantitative estimate of drug-likeness (QED) is 0.741. The van der Waals surface area contributed by atoms with E-state index in [-0.39, 0.29) is 22.4 Å². The van der Waals surface area contributed by atoms with Crippen molar-refractivity contribution < 1.29 is 23.1 Å². The number of nitrogens with zero attached hydrogens (tertiary/aromatic N) is 1. The van der Waals surface area contributed by atoms with Gasteiger partial charge in [-0.2, -0.15) is 8.78 Å². The number of fused-ring (bicyclic) bond motifs is 1. The molecule has 2 heterocycles. The molecule has 1 N–H and O–H groups in total. The minimum atomic E-state index is -2.94. The molecule has 0 aromatic heterocycles. The van der Waals surface area contributed by atoms with Gasteiger partial charge in [-0.15, -0.1) is 11.8 Å². The van der Waals surface area contributed by atoms with Crippen molar-refractivity contribution in [1.82, 2.24) is 4.90 Å². The van der Waals surface area contributed by atoms with Crippen LogP contribution in [-0.2, 0) is 16.0 Å². The normalized spacial score (nSPS) is 23.0. The number of ether oxygens (including phenoxy) is 1. The third kappa shape index (κ3) is 4.14. The van der Waals surface area contributed by atoms with Gasteiger partial charge in [0.15, 0.2) is 0 Å². The Labute approximate surface area is 177 Å². The maximum absolute atomic E-state index is 12.9. The Morgan fingerprint density at radius 2 is 2.07 bits per heavy atom. The summed E-state index contributed by atoms with van der Waals surface area (Å²) in [5.41, 5.74) is 1.96. The minimum Gasteiger partial charge on any atom is -0.435 e. The SMILES string of the molecule is C[C@]12CCC(=O)N1[C@@H](C(=O)Nc1ccc(OC(F)F)c(Cc3ccccc3)c1)CS2. The number of hydrogen-bond acceptors (Lipinski definition) is 4. The number of carbonyl (C=O) groups is 2. The maximum Gasteiger partial charge on any atom is 0.387 e. The topological polar surface area (TPSA) is 58.6 Å². The summed E-state index contributed by atoms with van der Waals surface area (Å²) in [5.74, 6) is 0.339. The van der Waals surface area contributed by atoms with Crippen molar-refractivity contribution in [2.24, 2.45) is 0 Å². The van der Waals surface area contributed by atoms with Crippen LogP contribution in [-0.4, -0.2) is 40.0 Å². The lowest BCUT2D eigenvalue weighted by molar-refractivity contribution is -0.135. The first-order valence-corrected chi connectivity index (χ1v) is 10.7. The highest BCUT2D eigenvalue weighted by Gasteiger charge is 2.52. The lowest BCUT2D eigenvalue weighted by atomic mass is 10.0. The van der Waals surface area contributed by atoms with Gasteiger partial charge >= 0.3 is 6.61 Å². The van der Waals surface area contributed by atoms with Gasteiger partial charge in [0.2, 0.25) is 11.8 Å². The number of rotatable bonds is 6. The number of thioether (sulfide) groups is 1. The zero-order chi connectivity index (χ0) is 21.3. The average molecular weight is 432 g/mol. The molecule has 158 valence electrons. The van der Waals surface area contributed by atoms with E-state index in [1.165, 1.54) is 12.1 Å². The fourth-order valence-electron chi connectivity index (χ4n) is 4.06. The van der Waals surface area contributed by atoms with Crippen LogP contribution in [0.1, 0.15) is 30.9 Å². The minimum absolute atomic E-state index is 0.00639. The molecule has 2 fully saturated rings. The predicted octanol–water partition coefficient (Wildman–Crippen LogP) is 4.27. The van der Waals surface area contributed by atoms with Crippen molar-refractivity contribution in [3.05, 3.63) is 59.7 Å². The molecule has 2 amide bonds. The first kappa shape index (κ1) is 20.7. The third-order valence-corrected chi connectivity index (χ3v) is 7.03. The molecule has 2 aliphatic rings. The zero-order valence-corrected chi connectivity index (χ0v) is 17.3. The first-order chi connectivity index (χ1) is 14.4. The van der Waals surface area contributed by atoms with E-state index in [9.17, 15) is 18.4 Å². The summed E-state index contributed by atoms with van der Waals surface area (Å²) >= 11 is 1.62. The highest BCUT2D eigenvalue weighted by atomic mass is 32.2. The average Bonchev–Trinajstić information content (AvgIpc) is 3.20. The van der Waals surface area contributed by atoms with Gasteiger partial charge in [0.05, 0.1) is 4.87 Å². The predicted molar refractivity (Wildman–Crippen MR) is 112 cm³/mol. The Balaban J connectivity index is 1.54. The van der Waals surface area contributed by atoms with Gasteiger partial charge in [-0.05, 0) is 37.1 Å². The molecule has 0 saturated carbocycles. The monoisotopic (exact) mass is 432 g/mol. The molecule has 0 radical (unpaired) electrons. The molecule has 2 saturated heterocycles. The number of carbonyl (C=O) groups excluding carboxylic acids is 2. The van der Waals surface area contributed by atoms with E-state index in [0.29, 0.717) is 29.8 Å². The summed E-state index contributed by atoms with van der Waals surface area (Å²) in [4.78, 5) is 26.5. The highest BCUT2D eigenvalue weighted by Crippen LogP contribution is 2.47. The fraction of sp³-hybridized carbons (Fsp3) is 0.364. The van der Waals surface area contributed by atoms with Crippen molar-refractivity contribution in [1.29, 1.82) is 0 Å². The Bertz CT molecular complexity index is 957. The van der Waals surface area contributed by atoms with E-state index in [0.717, 1.165) is 12.0 Å². The van der Waals surface area contributed by atoms with Gasteiger partial charge in [-0.3, -0.25) is 9.59 Å². The second-order valence-electron chi connectivity index (χ2n) is 7.62. The van der Waals surface area contributed by atoms with Gasteiger partial charge in [-0.25, -0.2) is 0 Å². The Kier molecular flexibility index (Phi) is 5.69. The molecular weight excluding hydrogens is 410 g/mol. The zero-order valence-electron chi connectivity index (χ0n) is 16.4. The van der Waals surface area contributed by atoms with Crippen molar-refractivity contribution in [2.75, 3.05) is 11.1 Å². The van der Waals surface area contributed by atoms with Gasteiger partial charge in [0.25, 0.3) is 0 Å². The van der Waals surface area contributed by atoms with E-state index in [4.69, 9.17) is 0 Å². The maximum atomic E-state index is 12.9. The lowest BCUT2D eigenvalue weighted by Crippen LogP contribution is -2.48. The fourth-order valence-corrected chi connectivity index (χ4v) is 5.49. The molecule has 0 unspecified atom stereocenters. The Morgan fingerprint density at radius 3 is 2.80 bits per heavy atom. The van der Waals surface area contributed by atoms with Crippen LogP contribution in [0.25, 0.3) is 0 Å². The molecule has 0 aliphatic carbocycles. The van der Waals surface area contributed by atoms with Gasteiger partial charge in [0.1, 0.15) is 11.8 Å². The number of halogens is 2. The molecule has 2 atom stereocenters. The summed E-state index contributed by atoms with van der Waals surface area (Å²) in [7, 11) is 0. The summed E-state index contributed by atoms with van der Waals surface area (Å²) < 4.78 is 30.3. The highest BCUT2D eigenvalue weighted by molar-refractivity contribution is 8.01. The summed E-state index contributed by atoms with van der Waals surface area (Å²) in [6.07, 6.45) is 1.57. The summed E-state index contributed by atoms with van der Waals surface area (Å²) in [6, 6.07) is 13.5. The van der Waals surface area contributed by atoms with Crippen molar-refractivity contribution in [2.45, 2.75) is 43.7 Å². The Morgan fingerprint density at radius 1 is 1.30 bits per heavy atom. The molecule has 0 spiro atoms. The van der Waals surface area contributed by atoms with Crippen LogP contribution in [0.4, 0.5) is 14.5 Å². The summed E-state index contributed by atoms with van der Waals surface area (Å²) in [5, 5.41) is 2.85. The number of anilines is 1. The van der Waals surface area contributed by atoms with E-state index in [2.05, 4.69) is 10.1 Å². The van der Waals surface area contributed by atoms with E-state index >= 15 is 0 Å².